The molecule has 25 heavy (non-hydrogen) atoms. The van der Waals surface area contributed by atoms with Crippen molar-refractivity contribution in [2.75, 3.05) is 19.5 Å². The van der Waals surface area contributed by atoms with Crippen molar-refractivity contribution in [1.82, 2.24) is 5.43 Å². The lowest BCUT2D eigenvalue weighted by Crippen LogP contribution is -2.32. The number of carbonyl (C=O) groups excluding carboxylic acids is 2. The zero-order chi connectivity index (χ0) is 18.2. The van der Waals surface area contributed by atoms with Gasteiger partial charge in [0.15, 0.2) is 0 Å². The van der Waals surface area contributed by atoms with Crippen molar-refractivity contribution in [3.05, 3.63) is 53.1 Å². The molecule has 2 N–H and O–H groups in total. The van der Waals surface area contributed by atoms with E-state index in [4.69, 9.17) is 21.1 Å². The number of nitrogens with zero attached hydrogens (tertiary/aromatic N) is 1. The van der Waals surface area contributed by atoms with Crippen LogP contribution in [0.2, 0.25) is 5.02 Å². The van der Waals surface area contributed by atoms with Gasteiger partial charge in [-0.2, -0.15) is 5.10 Å². The number of anilines is 1. The molecule has 2 rings (SSSR count). The van der Waals surface area contributed by atoms with Gasteiger partial charge in [-0.25, -0.2) is 5.43 Å². The highest BCUT2D eigenvalue weighted by Gasteiger charge is 2.13. The summed E-state index contributed by atoms with van der Waals surface area (Å²) < 4.78 is 10.0. The van der Waals surface area contributed by atoms with Crippen LogP contribution in [0.25, 0.3) is 0 Å². The number of hydrogen-bond acceptors (Lipinski definition) is 5. The van der Waals surface area contributed by atoms with E-state index in [1.165, 1.54) is 19.4 Å². The van der Waals surface area contributed by atoms with Gasteiger partial charge in [0.2, 0.25) is 0 Å². The lowest BCUT2D eigenvalue weighted by molar-refractivity contribution is -0.136. The zero-order valence-corrected chi connectivity index (χ0v) is 14.3. The van der Waals surface area contributed by atoms with E-state index in [0.29, 0.717) is 22.2 Å². The SMILES string of the molecule is COc1ccc(/C=N/NC(=O)C(=O)Nc2ccc(OC)c(Cl)c2)cc1. The molecule has 0 aliphatic rings. The van der Waals surface area contributed by atoms with Crippen molar-refractivity contribution < 1.29 is 19.1 Å². The molecule has 2 aromatic carbocycles. The van der Waals surface area contributed by atoms with Crippen molar-refractivity contribution in [2.24, 2.45) is 5.10 Å². The number of methoxy groups -OCH3 is 2. The molecule has 0 radical (unpaired) electrons. The summed E-state index contributed by atoms with van der Waals surface area (Å²) in [5.41, 5.74) is 3.25. The van der Waals surface area contributed by atoms with Crippen LogP contribution in [0.1, 0.15) is 5.56 Å². The van der Waals surface area contributed by atoms with E-state index >= 15 is 0 Å². The first-order valence-corrected chi connectivity index (χ1v) is 7.53. The summed E-state index contributed by atoms with van der Waals surface area (Å²) in [6.45, 7) is 0. The van der Waals surface area contributed by atoms with Gasteiger partial charge in [0, 0.05) is 5.69 Å². The Balaban J connectivity index is 1.90. The van der Waals surface area contributed by atoms with Gasteiger partial charge in [-0.3, -0.25) is 9.59 Å². The number of hydrogen-bond donors (Lipinski definition) is 2. The number of hydrazone groups is 1. The lowest BCUT2D eigenvalue weighted by Gasteiger charge is -2.07. The van der Waals surface area contributed by atoms with Crippen molar-refractivity contribution in [1.29, 1.82) is 0 Å². The van der Waals surface area contributed by atoms with E-state index in [1.807, 2.05) is 0 Å². The fourth-order valence-corrected chi connectivity index (χ4v) is 2.10. The number of benzene rings is 2. The molecule has 0 unspecified atom stereocenters. The summed E-state index contributed by atoms with van der Waals surface area (Å²) in [7, 11) is 3.05. The standard InChI is InChI=1S/C17H16ClN3O4/c1-24-13-6-3-11(4-7-13)10-19-21-17(23)16(22)20-12-5-8-15(25-2)14(18)9-12/h3-10H,1-2H3,(H,20,22)(H,21,23)/b19-10+. The van der Waals surface area contributed by atoms with Gasteiger partial charge in [-0.15, -0.1) is 0 Å². The molecule has 8 heteroatoms. The van der Waals surface area contributed by atoms with Crippen molar-refractivity contribution in [2.45, 2.75) is 0 Å². The van der Waals surface area contributed by atoms with Crippen LogP contribution in [0.5, 0.6) is 11.5 Å². The van der Waals surface area contributed by atoms with Gasteiger partial charge in [0.05, 0.1) is 25.5 Å². The minimum Gasteiger partial charge on any atom is -0.497 e. The normalized spacial score (nSPS) is 10.4. The Hall–Kier alpha value is -3.06. The Morgan fingerprint density at radius 3 is 2.36 bits per heavy atom. The number of halogens is 1. The van der Waals surface area contributed by atoms with Crippen LogP contribution in [0.4, 0.5) is 5.69 Å². The molecular formula is C17H16ClN3O4. The Morgan fingerprint density at radius 2 is 1.76 bits per heavy atom. The summed E-state index contributed by atoms with van der Waals surface area (Å²) in [4.78, 5) is 23.5. The molecule has 0 fully saturated rings. The van der Waals surface area contributed by atoms with Crippen molar-refractivity contribution in [3.8, 4) is 11.5 Å². The minimum absolute atomic E-state index is 0.318. The average Bonchev–Trinajstić information content (AvgIpc) is 2.62. The fraction of sp³-hybridized carbons (Fsp3) is 0.118. The largest absolute Gasteiger partial charge is 0.497 e. The second-order valence-electron chi connectivity index (χ2n) is 4.78. The van der Waals surface area contributed by atoms with E-state index in [0.717, 1.165) is 5.56 Å². The monoisotopic (exact) mass is 361 g/mol. The predicted octanol–water partition coefficient (Wildman–Crippen LogP) is 2.45. The van der Waals surface area contributed by atoms with Gasteiger partial charge in [-0.05, 0) is 48.0 Å². The molecule has 130 valence electrons. The van der Waals surface area contributed by atoms with Gasteiger partial charge in [-0.1, -0.05) is 11.6 Å². The Kier molecular flexibility index (Phi) is 6.36. The Bertz CT molecular complexity index is 791. The molecule has 0 aliphatic heterocycles. The summed E-state index contributed by atoms with van der Waals surface area (Å²) in [6, 6.07) is 11.6. The Labute approximate surface area is 149 Å². The maximum atomic E-state index is 11.8. The van der Waals surface area contributed by atoms with Crippen LogP contribution in [0.15, 0.2) is 47.6 Å². The highest BCUT2D eigenvalue weighted by molar-refractivity contribution is 6.40. The molecule has 0 bridgehead atoms. The van der Waals surface area contributed by atoms with Crippen LogP contribution in [-0.2, 0) is 9.59 Å². The maximum Gasteiger partial charge on any atom is 0.329 e. The summed E-state index contributed by atoms with van der Waals surface area (Å²) in [5.74, 6) is -0.600. The summed E-state index contributed by atoms with van der Waals surface area (Å²) >= 11 is 5.96. The molecule has 7 nitrogen and oxygen atoms in total. The first-order valence-electron chi connectivity index (χ1n) is 7.15. The van der Waals surface area contributed by atoms with Crippen LogP contribution in [0, 0.1) is 0 Å². The number of nitrogens with one attached hydrogen (secondary N) is 2. The van der Waals surface area contributed by atoms with Gasteiger partial charge < -0.3 is 14.8 Å². The maximum absolute atomic E-state index is 11.8. The van der Waals surface area contributed by atoms with Crippen molar-refractivity contribution >= 4 is 35.3 Å². The number of rotatable bonds is 5. The second kappa shape index (κ2) is 8.70. The van der Waals surface area contributed by atoms with Gasteiger partial charge >= 0.3 is 11.8 Å². The van der Waals surface area contributed by atoms with Crippen LogP contribution >= 0.6 is 11.6 Å². The molecule has 0 heterocycles. The molecule has 0 spiro atoms. The molecule has 0 saturated heterocycles. The molecule has 0 atom stereocenters. The first kappa shape index (κ1) is 18.3. The first-order chi connectivity index (χ1) is 12.0. The van der Waals surface area contributed by atoms with E-state index in [9.17, 15) is 9.59 Å². The molecular weight excluding hydrogens is 346 g/mol. The lowest BCUT2D eigenvalue weighted by atomic mass is 10.2. The third-order valence-electron chi connectivity index (χ3n) is 3.11. The predicted molar refractivity (Wildman–Crippen MR) is 95.4 cm³/mol. The highest BCUT2D eigenvalue weighted by atomic mass is 35.5. The Morgan fingerprint density at radius 1 is 1.04 bits per heavy atom. The molecule has 0 saturated carbocycles. The smallest absolute Gasteiger partial charge is 0.329 e. The minimum atomic E-state index is -0.906. The number of ether oxygens (including phenoxy) is 2. The average molecular weight is 362 g/mol. The molecule has 2 amide bonds. The second-order valence-corrected chi connectivity index (χ2v) is 5.18. The van der Waals surface area contributed by atoms with Gasteiger partial charge in [0.1, 0.15) is 11.5 Å². The van der Waals surface area contributed by atoms with Crippen LogP contribution < -0.4 is 20.2 Å². The highest BCUT2D eigenvalue weighted by Crippen LogP contribution is 2.27. The molecule has 2 aromatic rings. The van der Waals surface area contributed by atoms with Gasteiger partial charge in [0.25, 0.3) is 0 Å². The van der Waals surface area contributed by atoms with Crippen LogP contribution in [-0.4, -0.2) is 32.2 Å². The topological polar surface area (TPSA) is 89.0 Å². The van der Waals surface area contributed by atoms with Crippen molar-refractivity contribution in [3.63, 3.8) is 0 Å². The van der Waals surface area contributed by atoms with E-state index in [2.05, 4.69) is 15.8 Å². The fourth-order valence-electron chi connectivity index (χ4n) is 1.84. The van der Waals surface area contributed by atoms with E-state index < -0.39 is 11.8 Å². The third-order valence-corrected chi connectivity index (χ3v) is 3.41. The van der Waals surface area contributed by atoms with Crippen LogP contribution in [0.3, 0.4) is 0 Å². The zero-order valence-electron chi connectivity index (χ0n) is 13.6. The quantitative estimate of drug-likeness (QED) is 0.486. The van der Waals surface area contributed by atoms with E-state index in [-0.39, 0.29) is 0 Å². The molecule has 0 aliphatic carbocycles. The third kappa shape index (κ3) is 5.22. The van der Waals surface area contributed by atoms with E-state index in [1.54, 1.807) is 43.5 Å². The summed E-state index contributed by atoms with van der Waals surface area (Å²) in [5, 5.41) is 6.47. The summed E-state index contributed by atoms with van der Waals surface area (Å²) in [6.07, 6.45) is 1.41. The molecule has 0 aromatic heterocycles. The number of amides is 2. The number of carbonyl (C=O) groups is 2.